The summed E-state index contributed by atoms with van der Waals surface area (Å²) in [5.74, 6) is 1.24. The Kier molecular flexibility index (Phi) is 8.01. The summed E-state index contributed by atoms with van der Waals surface area (Å²) >= 11 is 2.07. The molecule has 0 aromatic carbocycles. The van der Waals surface area contributed by atoms with Crippen molar-refractivity contribution in [2.24, 2.45) is 5.73 Å². The van der Waals surface area contributed by atoms with Gasteiger partial charge in [-0.25, -0.2) is 0 Å². The molecule has 0 spiro atoms. The fourth-order valence-corrected chi connectivity index (χ4v) is 2.86. The van der Waals surface area contributed by atoms with Crippen molar-refractivity contribution in [1.82, 2.24) is 4.90 Å². The summed E-state index contributed by atoms with van der Waals surface area (Å²) in [7, 11) is 0. The van der Waals surface area contributed by atoms with E-state index in [-0.39, 0.29) is 12.4 Å². The van der Waals surface area contributed by atoms with E-state index in [0.717, 1.165) is 13.2 Å². The Morgan fingerprint density at radius 2 is 2.13 bits per heavy atom. The van der Waals surface area contributed by atoms with Gasteiger partial charge in [0.15, 0.2) is 0 Å². The minimum Gasteiger partial charge on any atom is -0.379 e. The number of nitrogens with zero attached hydrogens (tertiary/aromatic N) is 1. The van der Waals surface area contributed by atoms with Crippen molar-refractivity contribution in [3.8, 4) is 0 Å². The molecule has 1 rings (SSSR count). The summed E-state index contributed by atoms with van der Waals surface area (Å²) in [5, 5.41) is 0. The Hall–Kier alpha value is 0.520. The first-order chi connectivity index (χ1) is 6.64. The summed E-state index contributed by atoms with van der Waals surface area (Å²) < 4.78 is 5.79. The van der Waals surface area contributed by atoms with E-state index in [2.05, 4.69) is 30.5 Å². The van der Waals surface area contributed by atoms with Gasteiger partial charge in [0.2, 0.25) is 0 Å². The zero-order valence-electron chi connectivity index (χ0n) is 9.70. The first-order valence-corrected chi connectivity index (χ1v) is 6.27. The summed E-state index contributed by atoms with van der Waals surface area (Å²) in [5.41, 5.74) is 5.35. The number of thioether (sulfide) groups is 1. The van der Waals surface area contributed by atoms with Crippen molar-refractivity contribution in [3.05, 3.63) is 0 Å². The lowest BCUT2D eigenvalue weighted by Crippen LogP contribution is -2.44. The predicted molar refractivity (Wildman–Crippen MR) is 70.1 cm³/mol. The number of nitrogens with two attached hydrogens (primary N) is 1. The van der Waals surface area contributed by atoms with Crippen molar-refractivity contribution in [2.45, 2.75) is 18.6 Å². The minimum atomic E-state index is 0. The van der Waals surface area contributed by atoms with Crippen molar-refractivity contribution < 1.29 is 4.74 Å². The van der Waals surface area contributed by atoms with Crippen molar-refractivity contribution in [3.63, 3.8) is 0 Å². The summed E-state index contributed by atoms with van der Waals surface area (Å²) in [6.45, 7) is 10.2. The predicted octanol–water partition coefficient (Wildman–Crippen LogP) is 1.21. The van der Waals surface area contributed by atoms with Gasteiger partial charge in [0.25, 0.3) is 0 Å². The van der Waals surface area contributed by atoms with Crippen LogP contribution in [0.25, 0.3) is 0 Å². The maximum absolute atomic E-state index is 5.38. The van der Waals surface area contributed by atoms with Crippen LogP contribution >= 0.6 is 24.2 Å². The zero-order chi connectivity index (χ0) is 10.4. The normalized spacial score (nSPS) is 21.0. The molecule has 0 aromatic heterocycles. The Bertz CT molecular complexity index is 170. The number of ether oxygens (including phenoxy) is 1. The molecule has 0 saturated carbocycles. The number of hydrogen-bond donors (Lipinski definition) is 1. The smallest absolute Gasteiger partial charge is 0.0594 e. The van der Waals surface area contributed by atoms with E-state index in [1.807, 2.05) is 0 Å². The quantitative estimate of drug-likeness (QED) is 0.749. The third kappa shape index (κ3) is 6.64. The van der Waals surface area contributed by atoms with Crippen LogP contribution in [-0.2, 0) is 4.74 Å². The van der Waals surface area contributed by atoms with Gasteiger partial charge < -0.3 is 10.5 Å². The standard InChI is InChI=1S/C10H22N2OS.ClH/c1-10(2)9-12(5-8-14-10)4-7-13-6-3-11;/h3-9,11H2,1-2H3;1H. The van der Waals surface area contributed by atoms with Gasteiger partial charge in [-0.05, 0) is 13.8 Å². The molecule has 0 atom stereocenters. The van der Waals surface area contributed by atoms with E-state index < -0.39 is 0 Å². The fraction of sp³-hybridized carbons (Fsp3) is 1.00. The highest BCUT2D eigenvalue weighted by atomic mass is 35.5. The van der Waals surface area contributed by atoms with Gasteiger partial charge in [-0.15, -0.1) is 12.4 Å². The Morgan fingerprint density at radius 1 is 1.40 bits per heavy atom. The number of rotatable bonds is 5. The largest absolute Gasteiger partial charge is 0.379 e. The maximum atomic E-state index is 5.38. The molecule has 1 fully saturated rings. The van der Waals surface area contributed by atoms with E-state index in [4.69, 9.17) is 10.5 Å². The highest BCUT2D eigenvalue weighted by Gasteiger charge is 2.26. The monoisotopic (exact) mass is 254 g/mol. The molecule has 15 heavy (non-hydrogen) atoms. The van der Waals surface area contributed by atoms with Crippen LogP contribution in [0.4, 0.5) is 0 Å². The molecular formula is C10H23ClN2OS. The molecule has 1 aliphatic heterocycles. The Balaban J connectivity index is 0.00000196. The molecular weight excluding hydrogens is 232 g/mol. The Morgan fingerprint density at radius 3 is 2.73 bits per heavy atom. The molecule has 0 bridgehead atoms. The molecule has 0 aromatic rings. The van der Waals surface area contributed by atoms with Crippen LogP contribution in [0.2, 0.25) is 0 Å². The molecule has 0 radical (unpaired) electrons. The van der Waals surface area contributed by atoms with Crippen LogP contribution in [-0.4, -0.2) is 54.8 Å². The van der Waals surface area contributed by atoms with E-state index in [9.17, 15) is 0 Å². The lowest BCUT2D eigenvalue weighted by molar-refractivity contribution is 0.107. The molecule has 1 saturated heterocycles. The van der Waals surface area contributed by atoms with Crippen LogP contribution < -0.4 is 5.73 Å². The second kappa shape index (κ2) is 7.74. The van der Waals surface area contributed by atoms with Gasteiger partial charge in [-0.1, -0.05) is 0 Å². The summed E-state index contributed by atoms with van der Waals surface area (Å²) in [6.07, 6.45) is 0. The van der Waals surface area contributed by atoms with Crippen LogP contribution in [0.15, 0.2) is 0 Å². The molecule has 92 valence electrons. The minimum absolute atomic E-state index is 0. The van der Waals surface area contributed by atoms with Gasteiger partial charge in [-0.2, -0.15) is 11.8 Å². The first kappa shape index (κ1) is 15.5. The Labute approximate surface area is 104 Å². The molecule has 0 amide bonds. The molecule has 0 unspecified atom stereocenters. The van der Waals surface area contributed by atoms with E-state index in [1.54, 1.807) is 0 Å². The summed E-state index contributed by atoms with van der Waals surface area (Å²) in [4.78, 5) is 2.48. The average Bonchev–Trinajstić information content (AvgIpc) is 2.11. The molecule has 0 aliphatic carbocycles. The third-order valence-corrected chi connectivity index (χ3v) is 3.62. The molecule has 1 heterocycles. The van der Waals surface area contributed by atoms with Gasteiger partial charge >= 0.3 is 0 Å². The lowest BCUT2D eigenvalue weighted by Gasteiger charge is -2.37. The number of hydrogen-bond acceptors (Lipinski definition) is 4. The van der Waals surface area contributed by atoms with E-state index in [0.29, 0.717) is 17.9 Å². The molecule has 1 aliphatic rings. The number of halogens is 1. The topological polar surface area (TPSA) is 38.5 Å². The first-order valence-electron chi connectivity index (χ1n) is 5.28. The second-order valence-electron chi connectivity index (χ2n) is 4.29. The van der Waals surface area contributed by atoms with Gasteiger partial charge in [0.05, 0.1) is 13.2 Å². The fourth-order valence-electron chi connectivity index (χ4n) is 1.68. The van der Waals surface area contributed by atoms with Crippen LogP contribution in [0.3, 0.4) is 0 Å². The molecule has 2 N–H and O–H groups in total. The van der Waals surface area contributed by atoms with Crippen molar-refractivity contribution in [1.29, 1.82) is 0 Å². The van der Waals surface area contributed by atoms with E-state index in [1.165, 1.54) is 18.8 Å². The SMILES string of the molecule is CC1(C)CN(CCOCCN)CCS1.Cl. The highest BCUT2D eigenvalue weighted by molar-refractivity contribution is 8.00. The van der Waals surface area contributed by atoms with Crippen molar-refractivity contribution in [2.75, 3.05) is 45.1 Å². The summed E-state index contributed by atoms with van der Waals surface area (Å²) in [6, 6.07) is 0. The zero-order valence-corrected chi connectivity index (χ0v) is 11.3. The van der Waals surface area contributed by atoms with Crippen LogP contribution in [0.1, 0.15) is 13.8 Å². The van der Waals surface area contributed by atoms with Gasteiger partial charge in [0, 0.05) is 36.7 Å². The van der Waals surface area contributed by atoms with Gasteiger partial charge in [0.1, 0.15) is 0 Å². The second-order valence-corrected chi connectivity index (χ2v) is 6.09. The van der Waals surface area contributed by atoms with E-state index >= 15 is 0 Å². The van der Waals surface area contributed by atoms with Crippen molar-refractivity contribution >= 4 is 24.2 Å². The van der Waals surface area contributed by atoms with Crippen LogP contribution in [0.5, 0.6) is 0 Å². The van der Waals surface area contributed by atoms with Crippen LogP contribution in [0, 0.1) is 0 Å². The van der Waals surface area contributed by atoms with Gasteiger partial charge in [-0.3, -0.25) is 4.90 Å². The maximum Gasteiger partial charge on any atom is 0.0594 e. The third-order valence-electron chi connectivity index (χ3n) is 2.32. The average molecular weight is 255 g/mol. The lowest BCUT2D eigenvalue weighted by atomic mass is 10.2. The molecule has 3 nitrogen and oxygen atoms in total. The highest BCUT2D eigenvalue weighted by Crippen LogP contribution is 2.29. The molecule has 5 heteroatoms.